The third-order valence-electron chi connectivity index (χ3n) is 4.72. The Kier molecular flexibility index (Phi) is 6.70. The van der Waals surface area contributed by atoms with Crippen LogP contribution in [0.1, 0.15) is 5.56 Å². The average molecular weight is 458 g/mol. The van der Waals surface area contributed by atoms with Crippen molar-refractivity contribution in [1.82, 2.24) is 15.2 Å². The zero-order valence-corrected chi connectivity index (χ0v) is 18.5. The number of nitrogens with zero attached hydrogens (tertiary/aromatic N) is 4. The number of carbonyl (C=O) groups is 1. The molecule has 0 atom stereocenters. The Labute approximate surface area is 194 Å². The van der Waals surface area contributed by atoms with Crippen molar-refractivity contribution < 1.29 is 9.72 Å². The van der Waals surface area contributed by atoms with Crippen molar-refractivity contribution in [3.63, 3.8) is 0 Å². The monoisotopic (exact) mass is 457 g/mol. The lowest BCUT2D eigenvalue weighted by atomic mass is 10.0. The van der Waals surface area contributed by atoms with Crippen LogP contribution in [-0.4, -0.2) is 31.8 Å². The number of thioether (sulfide) groups is 1. The molecule has 0 saturated heterocycles. The van der Waals surface area contributed by atoms with Crippen LogP contribution in [0.25, 0.3) is 22.5 Å². The van der Waals surface area contributed by atoms with Crippen LogP contribution in [0.3, 0.4) is 0 Å². The third kappa shape index (κ3) is 5.39. The van der Waals surface area contributed by atoms with E-state index in [0.29, 0.717) is 16.5 Å². The van der Waals surface area contributed by atoms with E-state index >= 15 is 0 Å². The molecule has 4 aromatic rings. The van der Waals surface area contributed by atoms with Crippen LogP contribution in [0.5, 0.6) is 0 Å². The van der Waals surface area contributed by atoms with Gasteiger partial charge in [0.25, 0.3) is 5.69 Å². The zero-order chi connectivity index (χ0) is 23.2. The summed E-state index contributed by atoms with van der Waals surface area (Å²) >= 11 is 1.11. The summed E-state index contributed by atoms with van der Waals surface area (Å²) in [6.45, 7) is 1.75. The molecule has 0 aliphatic rings. The van der Waals surface area contributed by atoms with Gasteiger partial charge in [-0.3, -0.25) is 14.9 Å². The topological polar surface area (TPSA) is 111 Å². The summed E-state index contributed by atoms with van der Waals surface area (Å²) in [4.78, 5) is 27.9. The highest BCUT2D eigenvalue weighted by Crippen LogP contribution is 2.30. The van der Waals surface area contributed by atoms with Gasteiger partial charge < -0.3 is 5.32 Å². The van der Waals surface area contributed by atoms with E-state index in [1.54, 1.807) is 13.0 Å². The first-order chi connectivity index (χ1) is 16.0. The van der Waals surface area contributed by atoms with Gasteiger partial charge in [0.2, 0.25) is 11.1 Å². The average Bonchev–Trinajstić information content (AvgIpc) is 2.84. The molecule has 0 saturated carbocycles. The van der Waals surface area contributed by atoms with Crippen LogP contribution in [0.15, 0.2) is 84.0 Å². The van der Waals surface area contributed by atoms with Gasteiger partial charge in [-0.15, -0.1) is 10.2 Å². The van der Waals surface area contributed by atoms with Crippen LogP contribution in [0.4, 0.5) is 11.4 Å². The number of benzene rings is 3. The number of hydrogen-bond acceptors (Lipinski definition) is 7. The number of aryl methyl sites for hydroxylation is 1. The van der Waals surface area contributed by atoms with Crippen LogP contribution in [0.2, 0.25) is 0 Å². The van der Waals surface area contributed by atoms with Crippen molar-refractivity contribution in [2.75, 3.05) is 11.1 Å². The van der Waals surface area contributed by atoms with Gasteiger partial charge >= 0.3 is 0 Å². The first-order valence-electron chi connectivity index (χ1n) is 10.0. The zero-order valence-electron chi connectivity index (χ0n) is 17.6. The van der Waals surface area contributed by atoms with Gasteiger partial charge in [0.05, 0.1) is 10.7 Å². The molecule has 0 aliphatic heterocycles. The summed E-state index contributed by atoms with van der Waals surface area (Å²) in [5.41, 5.74) is 3.81. The summed E-state index contributed by atoms with van der Waals surface area (Å²) in [6, 6.07) is 23.9. The Morgan fingerprint density at radius 3 is 2.21 bits per heavy atom. The largest absolute Gasteiger partial charge is 0.320 e. The maximum Gasteiger partial charge on any atom is 0.293 e. The molecule has 0 radical (unpaired) electrons. The van der Waals surface area contributed by atoms with Crippen LogP contribution < -0.4 is 5.32 Å². The van der Waals surface area contributed by atoms with Crippen molar-refractivity contribution in [2.45, 2.75) is 12.1 Å². The molecule has 0 spiro atoms. The fourth-order valence-corrected chi connectivity index (χ4v) is 3.76. The number of hydrogen-bond donors (Lipinski definition) is 1. The molecule has 1 heterocycles. The Morgan fingerprint density at radius 1 is 0.939 bits per heavy atom. The molecule has 0 aliphatic carbocycles. The maximum atomic E-state index is 12.5. The first-order valence-corrected chi connectivity index (χ1v) is 11.0. The maximum absolute atomic E-state index is 12.5. The highest BCUT2D eigenvalue weighted by molar-refractivity contribution is 7.99. The first kappa shape index (κ1) is 22.1. The molecule has 8 nitrogen and oxygen atoms in total. The van der Waals surface area contributed by atoms with E-state index in [9.17, 15) is 14.9 Å². The Balaban J connectivity index is 1.55. The number of anilines is 1. The van der Waals surface area contributed by atoms with Gasteiger partial charge in [0.1, 0.15) is 17.1 Å². The second-order valence-corrected chi connectivity index (χ2v) is 8.08. The van der Waals surface area contributed by atoms with Gasteiger partial charge in [-0.1, -0.05) is 78.5 Å². The Hall–Kier alpha value is -4.11. The van der Waals surface area contributed by atoms with E-state index in [-0.39, 0.29) is 17.1 Å². The Bertz CT molecular complexity index is 1300. The molecule has 9 heteroatoms. The van der Waals surface area contributed by atoms with Crippen molar-refractivity contribution in [2.24, 2.45) is 0 Å². The van der Waals surface area contributed by atoms with E-state index in [0.717, 1.165) is 28.5 Å². The lowest BCUT2D eigenvalue weighted by Crippen LogP contribution is -2.15. The summed E-state index contributed by atoms with van der Waals surface area (Å²) in [7, 11) is 0. The van der Waals surface area contributed by atoms with Gasteiger partial charge in [-0.2, -0.15) is 0 Å². The molecule has 4 rings (SSSR count). The van der Waals surface area contributed by atoms with Crippen LogP contribution >= 0.6 is 11.8 Å². The van der Waals surface area contributed by atoms with Crippen LogP contribution in [-0.2, 0) is 4.79 Å². The van der Waals surface area contributed by atoms with E-state index < -0.39 is 10.8 Å². The molecule has 0 fully saturated rings. The van der Waals surface area contributed by atoms with Gasteiger partial charge in [-0.25, -0.2) is 4.98 Å². The number of nitrogens with one attached hydrogen (secondary N) is 1. The molecule has 3 aromatic carbocycles. The van der Waals surface area contributed by atoms with E-state index in [1.807, 2.05) is 60.7 Å². The van der Waals surface area contributed by atoms with Gasteiger partial charge in [0.15, 0.2) is 0 Å². The number of nitro groups is 1. The molecule has 164 valence electrons. The smallest absolute Gasteiger partial charge is 0.293 e. The third-order valence-corrected chi connectivity index (χ3v) is 5.56. The van der Waals surface area contributed by atoms with Crippen LogP contribution in [0, 0.1) is 17.0 Å². The lowest BCUT2D eigenvalue weighted by Gasteiger charge is -2.10. The number of rotatable bonds is 7. The lowest BCUT2D eigenvalue weighted by molar-refractivity contribution is -0.384. The van der Waals surface area contributed by atoms with Crippen molar-refractivity contribution in [3.8, 4) is 22.5 Å². The molecular weight excluding hydrogens is 438 g/mol. The van der Waals surface area contributed by atoms with Crippen molar-refractivity contribution >= 4 is 29.0 Å². The van der Waals surface area contributed by atoms with E-state index in [4.69, 9.17) is 0 Å². The molecule has 0 bridgehead atoms. The highest BCUT2D eigenvalue weighted by Gasteiger charge is 2.18. The standard InChI is InChI=1S/C24H19N5O3S/c1-16-12-13-19(20(14-16)29(31)32)25-21(30)15-33-24-26-22(17-8-4-2-5-9-17)23(27-28-24)18-10-6-3-7-11-18/h2-14H,15H2,1H3,(H,25,30). The van der Waals surface area contributed by atoms with Crippen molar-refractivity contribution in [1.29, 1.82) is 0 Å². The minimum Gasteiger partial charge on any atom is -0.320 e. The molecule has 33 heavy (non-hydrogen) atoms. The molecule has 1 aromatic heterocycles. The van der Waals surface area contributed by atoms with Gasteiger partial charge in [0, 0.05) is 17.2 Å². The number of amides is 1. The summed E-state index contributed by atoms with van der Waals surface area (Å²) in [5.74, 6) is -0.421. The molecule has 0 unspecified atom stereocenters. The fraction of sp³-hybridized carbons (Fsp3) is 0.0833. The molecule has 1 N–H and O–H groups in total. The number of aromatic nitrogens is 3. The quantitative estimate of drug-likeness (QED) is 0.232. The normalized spacial score (nSPS) is 10.6. The minimum absolute atomic E-state index is 0.0222. The highest BCUT2D eigenvalue weighted by atomic mass is 32.2. The number of nitro benzene ring substituents is 1. The SMILES string of the molecule is Cc1ccc(NC(=O)CSc2nnc(-c3ccccc3)c(-c3ccccc3)n2)c([N+](=O)[O-])c1. The number of carbonyl (C=O) groups excluding carboxylic acids is 1. The second kappa shape index (κ2) is 10.0. The molecule has 1 amide bonds. The fourth-order valence-electron chi connectivity index (χ4n) is 3.17. The predicted molar refractivity (Wildman–Crippen MR) is 128 cm³/mol. The Morgan fingerprint density at radius 2 is 1.58 bits per heavy atom. The summed E-state index contributed by atoms with van der Waals surface area (Å²) in [6.07, 6.45) is 0. The van der Waals surface area contributed by atoms with E-state index in [1.165, 1.54) is 12.1 Å². The van der Waals surface area contributed by atoms with Gasteiger partial charge in [-0.05, 0) is 18.6 Å². The molecular formula is C24H19N5O3S. The summed E-state index contributed by atoms with van der Waals surface area (Å²) < 4.78 is 0. The predicted octanol–water partition coefficient (Wildman–Crippen LogP) is 5.15. The van der Waals surface area contributed by atoms with E-state index in [2.05, 4.69) is 20.5 Å². The van der Waals surface area contributed by atoms with Crippen molar-refractivity contribution in [3.05, 3.63) is 94.5 Å². The summed E-state index contributed by atoms with van der Waals surface area (Å²) in [5, 5.41) is 22.8. The minimum atomic E-state index is -0.517. The second-order valence-electron chi connectivity index (χ2n) is 7.14.